The zero-order valence-electron chi connectivity index (χ0n) is 10.6. The van der Waals surface area contributed by atoms with Crippen LogP contribution in [0.5, 0.6) is 5.75 Å². The summed E-state index contributed by atoms with van der Waals surface area (Å²) >= 11 is 0. The molecule has 0 aliphatic heterocycles. The SMILES string of the molecule is CCCC(CCOc1cccc(C)c1)NC. The molecule has 2 nitrogen and oxygen atoms in total. The molecule has 0 heterocycles. The van der Waals surface area contributed by atoms with Crippen molar-refractivity contribution in [3.05, 3.63) is 29.8 Å². The van der Waals surface area contributed by atoms with E-state index in [1.807, 2.05) is 19.2 Å². The molecular formula is C14H23NO. The van der Waals surface area contributed by atoms with E-state index in [0.29, 0.717) is 6.04 Å². The lowest BCUT2D eigenvalue weighted by molar-refractivity contribution is 0.284. The topological polar surface area (TPSA) is 21.3 Å². The highest BCUT2D eigenvalue weighted by molar-refractivity contribution is 5.27. The summed E-state index contributed by atoms with van der Waals surface area (Å²) in [6, 6.07) is 8.79. The van der Waals surface area contributed by atoms with Gasteiger partial charge in [-0.15, -0.1) is 0 Å². The van der Waals surface area contributed by atoms with Gasteiger partial charge in [0.2, 0.25) is 0 Å². The molecule has 0 amide bonds. The van der Waals surface area contributed by atoms with Crippen molar-refractivity contribution in [1.29, 1.82) is 0 Å². The maximum atomic E-state index is 5.73. The van der Waals surface area contributed by atoms with Crippen LogP contribution in [0.4, 0.5) is 0 Å². The number of hydrogen-bond donors (Lipinski definition) is 1. The van der Waals surface area contributed by atoms with E-state index in [1.54, 1.807) is 0 Å². The molecule has 0 bridgehead atoms. The molecule has 2 heteroatoms. The molecule has 1 N–H and O–H groups in total. The minimum absolute atomic E-state index is 0.579. The fraction of sp³-hybridized carbons (Fsp3) is 0.571. The molecule has 1 aromatic rings. The van der Waals surface area contributed by atoms with Crippen LogP contribution in [0.1, 0.15) is 31.7 Å². The molecule has 16 heavy (non-hydrogen) atoms. The molecule has 0 aliphatic rings. The lowest BCUT2D eigenvalue weighted by Crippen LogP contribution is -2.26. The van der Waals surface area contributed by atoms with Crippen molar-refractivity contribution in [1.82, 2.24) is 5.32 Å². The zero-order chi connectivity index (χ0) is 11.8. The van der Waals surface area contributed by atoms with Gasteiger partial charge in [0.1, 0.15) is 5.75 Å². The molecule has 1 aromatic carbocycles. The van der Waals surface area contributed by atoms with Gasteiger partial charge >= 0.3 is 0 Å². The van der Waals surface area contributed by atoms with Crippen LogP contribution in [0.15, 0.2) is 24.3 Å². The zero-order valence-corrected chi connectivity index (χ0v) is 10.6. The van der Waals surface area contributed by atoms with Crippen molar-refractivity contribution in [3.8, 4) is 5.75 Å². The molecule has 0 saturated carbocycles. The Balaban J connectivity index is 2.29. The Hall–Kier alpha value is -1.02. The molecule has 0 saturated heterocycles. The third kappa shape index (κ3) is 4.67. The summed E-state index contributed by atoms with van der Waals surface area (Å²) in [5.41, 5.74) is 1.25. The van der Waals surface area contributed by atoms with E-state index in [9.17, 15) is 0 Å². The third-order valence-corrected chi connectivity index (χ3v) is 2.77. The van der Waals surface area contributed by atoms with Crippen molar-refractivity contribution in [2.24, 2.45) is 0 Å². The average molecular weight is 221 g/mol. The summed E-state index contributed by atoms with van der Waals surface area (Å²) in [6.45, 7) is 5.08. The van der Waals surface area contributed by atoms with E-state index in [-0.39, 0.29) is 0 Å². The smallest absolute Gasteiger partial charge is 0.119 e. The second-order valence-corrected chi connectivity index (χ2v) is 4.23. The van der Waals surface area contributed by atoms with Gasteiger partial charge in [0.05, 0.1) is 6.61 Å². The van der Waals surface area contributed by atoms with Gasteiger partial charge in [0.15, 0.2) is 0 Å². The highest BCUT2D eigenvalue weighted by Crippen LogP contribution is 2.13. The predicted molar refractivity (Wildman–Crippen MR) is 69.0 cm³/mol. The molecule has 90 valence electrons. The summed E-state index contributed by atoms with van der Waals surface area (Å²) in [6.07, 6.45) is 3.50. The molecule has 0 aliphatic carbocycles. The van der Waals surface area contributed by atoms with E-state index < -0.39 is 0 Å². The van der Waals surface area contributed by atoms with E-state index in [1.165, 1.54) is 18.4 Å². The lowest BCUT2D eigenvalue weighted by atomic mass is 10.1. The number of ether oxygens (including phenoxy) is 1. The monoisotopic (exact) mass is 221 g/mol. The summed E-state index contributed by atoms with van der Waals surface area (Å²) < 4.78 is 5.73. The Kier molecular flexibility index (Phi) is 5.94. The van der Waals surface area contributed by atoms with Gasteiger partial charge in [-0.05, 0) is 44.5 Å². The highest BCUT2D eigenvalue weighted by atomic mass is 16.5. The quantitative estimate of drug-likeness (QED) is 0.763. The molecule has 1 unspecified atom stereocenters. The van der Waals surface area contributed by atoms with Crippen molar-refractivity contribution in [2.75, 3.05) is 13.7 Å². The molecule has 0 radical (unpaired) electrons. The molecule has 1 atom stereocenters. The Morgan fingerprint density at radius 3 is 2.75 bits per heavy atom. The molecule has 0 spiro atoms. The van der Waals surface area contributed by atoms with Gasteiger partial charge in [0.25, 0.3) is 0 Å². The summed E-state index contributed by atoms with van der Waals surface area (Å²) in [7, 11) is 2.02. The van der Waals surface area contributed by atoms with Gasteiger partial charge in [-0.3, -0.25) is 0 Å². The van der Waals surface area contributed by atoms with Crippen LogP contribution in [0.25, 0.3) is 0 Å². The number of rotatable bonds is 7. The first-order valence-electron chi connectivity index (χ1n) is 6.13. The maximum absolute atomic E-state index is 5.73. The first-order chi connectivity index (χ1) is 7.76. The van der Waals surface area contributed by atoms with Crippen LogP contribution >= 0.6 is 0 Å². The lowest BCUT2D eigenvalue weighted by Gasteiger charge is -2.15. The van der Waals surface area contributed by atoms with Crippen LogP contribution in [-0.4, -0.2) is 19.7 Å². The van der Waals surface area contributed by atoms with Gasteiger partial charge in [-0.1, -0.05) is 25.5 Å². The summed E-state index contributed by atoms with van der Waals surface area (Å²) in [4.78, 5) is 0. The fourth-order valence-electron chi connectivity index (χ4n) is 1.81. The van der Waals surface area contributed by atoms with E-state index in [2.05, 4.69) is 31.3 Å². The standard InChI is InChI=1S/C14H23NO/c1-4-6-13(15-3)9-10-16-14-8-5-7-12(2)11-14/h5,7-8,11,13,15H,4,6,9-10H2,1-3H3. The molecule has 0 fully saturated rings. The first kappa shape index (κ1) is 13.0. The second-order valence-electron chi connectivity index (χ2n) is 4.23. The van der Waals surface area contributed by atoms with Gasteiger partial charge in [0, 0.05) is 6.04 Å². The Morgan fingerprint density at radius 1 is 1.31 bits per heavy atom. The first-order valence-corrected chi connectivity index (χ1v) is 6.13. The number of nitrogens with one attached hydrogen (secondary N) is 1. The average Bonchev–Trinajstić information content (AvgIpc) is 2.28. The second kappa shape index (κ2) is 7.29. The number of aryl methyl sites for hydroxylation is 1. The Morgan fingerprint density at radius 2 is 2.12 bits per heavy atom. The fourth-order valence-corrected chi connectivity index (χ4v) is 1.81. The highest BCUT2D eigenvalue weighted by Gasteiger charge is 2.04. The number of benzene rings is 1. The van der Waals surface area contributed by atoms with E-state index in [0.717, 1.165) is 18.8 Å². The van der Waals surface area contributed by atoms with Crippen molar-refractivity contribution in [3.63, 3.8) is 0 Å². The van der Waals surface area contributed by atoms with E-state index in [4.69, 9.17) is 4.74 Å². The van der Waals surface area contributed by atoms with Crippen molar-refractivity contribution in [2.45, 2.75) is 39.2 Å². The Labute approximate surface area is 99.0 Å². The normalized spacial score (nSPS) is 12.4. The molecule has 0 aromatic heterocycles. The largest absolute Gasteiger partial charge is 0.494 e. The van der Waals surface area contributed by atoms with Crippen LogP contribution in [0.2, 0.25) is 0 Å². The van der Waals surface area contributed by atoms with E-state index >= 15 is 0 Å². The molecule has 1 rings (SSSR count). The van der Waals surface area contributed by atoms with Crippen molar-refractivity contribution >= 4 is 0 Å². The minimum Gasteiger partial charge on any atom is -0.494 e. The molecular weight excluding hydrogens is 198 g/mol. The van der Waals surface area contributed by atoms with Crippen LogP contribution < -0.4 is 10.1 Å². The summed E-state index contributed by atoms with van der Waals surface area (Å²) in [5, 5.41) is 3.32. The third-order valence-electron chi connectivity index (χ3n) is 2.77. The van der Waals surface area contributed by atoms with Crippen molar-refractivity contribution < 1.29 is 4.74 Å². The minimum atomic E-state index is 0.579. The summed E-state index contributed by atoms with van der Waals surface area (Å²) in [5.74, 6) is 0.978. The predicted octanol–water partition coefficient (Wildman–Crippen LogP) is 3.15. The van der Waals surface area contributed by atoms with Crippen LogP contribution in [-0.2, 0) is 0 Å². The van der Waals surface area contributed by atoms with Gasteiger partial charge < -0.3 is 10.1 Å². The Bertz CT molecular complexity index is 299. The number of hydrogen-bond acceptors (Lipinski definition) is 2. The van der Waals surface area contributed by atoms with Crippen LogP contribution in [0, 0.1) is 6.92 Å². The maximum Gasteiger partial charge on any atom is 0.119 e. The van der Waals surface area contributed by atoms with Crippen LogP contribution in [0.3, 0.4) is 0 Å². The van der Waals surface area contributed by atoms with Gasteiger partial charge in [-0.2, -0.15) is 0 Å². The van der Waals surface area contributed by atoms with Gasteiger partial charge in [-0.25, -0.2) is 0 Å².